The molecule has 1 atom stereocenters. The summed E-state index contributed by atoms with van der Waals surface area (Å²) in [6, 6.07) is 0. The van der Waals surface area contributed by atoms with Gasteiger partial charge in [-0.2, -0.15) is 0 Å². The van der Waals surface area contributed by atoms with Crippen LogP contribution < -0.4 is 5.32 Å². The lowest BCUT2D eigenvalue weighted by molar-refractivity contribution is -0.153. The first kappa shape index (κ1) is 21.2. The number of carbonyl (C=O) groups excluding carboxylic acids is 2. The van der Waals surface area contributed by atoms with E-state index < -0.39 is 0 Å². The zero-order chi connectivity index (χ0) is 17.4. The molecule has 22 heavy (non-hydrogen) atoms. The van der Waals surface area contributed by atoms with E-state index in [9.17, 15) is 9.59 Å². The molecule has 6 heteroatoms. The molecule has 0 bridgehead atoms. The van der Waals surface area contributed by atoms with Crippen LogP contribution in [0.1, 0.15) is 48.0 Å². The second kappa shape index (κ2) is 9.40. The molecule has 1 unspecified atom stereocenters. The fourth-order valence-electron chi connectivity index (χ4n) is 1.95. The third kappa shape index (κ3) is 10.1. The predicted molar refractivity (Wildman–Crippen MR) is 90.9 cm³/mol. The minimum atomic E-state index is -0.216. The van der Waals surface area contributed by atoms with Crippen LogP contribution in [-0.2, 0) is 9.53 Å². The first-order valence-electron chi connectivity index (χ1n) is 7.65. The van der Waals surface area contributed by atoms with E-state index in [2.05, 4.69) is 26.1 Å². The van der Waals surface area contributed by atoms with Crippen molar-refractivity contribution in [2.75, 3.05) is 25.5 Å². The van der Waals surface area contributed by atoms with Crippen molar-refractivity contribution in [2.45, 2.75) is 48.0 Å². The minimum absolute atomic E-state index is 0.0346. The van der Waals surface area contributed by atoms with Crippen LogP contribution in [0.2, 0.25) is 0 Å². The Balaban J connectivity index is 4.28. The van der Waals surface area contributed by atoms with Gasteiger partial charge in [0.25, 0.3) is 5.24 Å². The number of thioether (sulfide) groups is 1. The predicted octanol–water partition coefficient (Wildman–Crippen LogP) is 3.06. The summed E-state index contributed by atoms with van der Waals surface area (Å²) in [5.74, 6) is -0.0183. The van der Waals surface area contributed by atoms with E-state index in [-0.39, 0.29) is 47.7 Å². The highest BCUT2D eigenvalue weighted by Gasteiger charge is 2.35. The molecule has 5 nitrogen and oxygen atoms in total. The van der Waals surface area contributed by atoms with Crippen LogP contribution in [0.3, 0.4) is 0 Å². The molecule has 0 aliphatic heterocycles. The van der Waals surface area contributed by atoms with Gasteiger partial charge in [0.15, 0.2) is 0 Å². The van der Waals surface area contributed by atoms with Crippen molar-refractivity contribution in [2.24, 2.45) is 16.7 Å². The van der Waals surface area contributed by atoms with Crippen LogP contribution in [0.15, 0.2) is 0 Å². The molecule has 0 heterocycles. The molecule has 0 radical (unpaired) electrons. The second-order valence-corrected chi connectivity index (χ2v) is 8.70. The van der Waals surface area contributed by atoms with Crippen molar-refractivity contribution in [1.29, 1.82) is 0 Å². The number of hydrogen-bond acceptors (Lipinski definition) is 5. The zero-order valence-electron chi connectivity index (χ0n) is 14.7. The maximum atomic E-state index is 12.3. The highest BCUT2D eigenvalue weighted by molar-refractivity contribution is 8.13. The number of amides is 1. The summed E-state index contributed by atoms with van der Waals surface area (Å²) in [6.45, 7) is 12.9. The summed E-state index contributed by atoms with van der Waals surface area (Å²) in [4.78, 5) is 23.6. The van der Waals surface area contributed by atoms with Gasteiger partial charge in [-0.05, 0) is 17.3 Å². The van der Waals surface area contributed by atoms with Gasteiger partial charge in [-0.15, -0.1) is 0 Å². The maximum Gasteiger partial charge on any atom is 0.309 e. The molecule has 1 amide bonds. The fraction of sp³-hybridized carbons (Fsp3) is 0.875. The van der Waals surface area contributed by atoms with Gasteiger partial charge in [0.05, 0.1) is 19.1 Å². The van der Waals surface area contributed by atoms with Crippen LogP contribution in [-0.4, -0.2) is 41.8 Å². The monoisotopic (exact) mass is 333 g/mol. The van der Waals surface area contributed by atoms with Crippen molar-refractivity contribution < 1.29 is 19.4 Å². The van der Waals surface area contributed by atoms with Gasteiger partial charge in [0.2, 0.25) is 0 Å². The molecular formula is C16H31NO4S. The average molecular weight is 333 g/mol. The molecule has 0 aliphatic rings. The lowest BCUT2D eigenvalue weighted by atomic mass is 9.72. The van der Waals surface area contributed by atoms with Gasteiger partial charge < -0.3 is 15.2 Å². The SMILES string of the molecule is CC(C)(C)CC(C(=O)OCCNC(=O)SCCO)C(C)(C)C. The van der Waals surface area contributed by atoms with Gasteiger partial charge in [-0.3, -0.25) is 9.59 Å². The summed E-state index contributed by atoms with van der Waals surface area (Å²) >= 11 is 1.01. The van der Waals surface area contributed by atoms with Crippen LogP contribution in [0, 0.1) is 16.7 Å². The smallest absolute Gasteiger partial charge is 0.309 e. The molecule has 0 aromatic carbocycles. The third-order valence-electron chi connectivity index (χ3n) is 3.09. The molecule has 0 fully saturated rings. The molecular weight excluding hydrogens is 302 g/mol. The Labute approximate surface area is 138 Å². The number of aliphatic hydroxyl groups is 1. The van der Waals surface area contributed by atoms with E-state index in [4.69, 9.17) is 9.84 Å². The second-order valence-electron chi connectivity index (χ2n) is 7.64. The first-order valence-corrected chi connectivity index (χ1v) is 8.64. The number of esters is 1. The van der Waals surface area contributed by atoms with Crippen molar-refractivity contribution in [1.82, 2.24) is 5.32 Å². The van der Waals surface area contributed by atoms with Gasteiger partial charge in [-0.25, -0.2) is 0 Å². The van der Waals surface area contributed by atoms with Gasteiger partial charge in [-0.1, -0.05) is 53.3 Å². The van der Waals surface area contributed by atoms with Crippen molar-refractivity contribution in [3.8, 4) is 0 Å². The Morgan fingerprint density at radius 2 is 1.77 bits per heavy atom. The quantitative estimate of drug-likeness (QED) is 0.553. The van der Waals surface area contributed by atoms with E-state index >= 15 is 0 Å². The number of hydrogen-bond donors (Lipinski definition) is 2. The summed E-state index contributed by atoms with van der Waals surface area (Å²) in [5.41, 5.74) is -0.114. The number of aliphatic hydroxyl groups excluding tert-OH is 1. The number of carbonyl (C=O) groups is 2. The van der Waals surface area contributed by atoms with Gasteiger partial charge >= 0.3 is 5.97 Å². The van der Waals surface area contributed by atoms with E-state index in [0.29, 0.717) is 5.75 Å². The van der Waals surface area contributed by atoms with Crippen molar-refractivity contribution >= 4 is 23.0 Å². The first-order chi connectivity index (χ1) is 9.97. The number of nitrogens with one attached hydrogen (secondary N) is 1. The highest BCUT2D eigenvalue weighted by Crippen LogP contribution is 2.36. The number of ether oxygens (including phenoxy) is 1. The minimum Gasteiger partial charge on any atom is -0.464 e. The highest BCUT2D eigenvalue weighted by atomic mass is 32.2. The van der Waals surface area contributed by atoms with Crippen LogP contribution in [0.4, 0.5) is 4.79 Å². The van der Waals surface area contributed by atoms with Crippen LogP contribution in [0.25, 0.3) is 0 Å². The molecule has 0 aromatic heterocycles. The van der Waals surface area contributed by atoms with E-state index in [0.717, 1.165) is 18.2 Å². The van der Waals surface area contributed by atoms with Gasteiger partial charge in [0.1, 0.15) is 6.61 Å². The Kier molecular flexibility index (Phi) is 9.08. The Morgan fingerprint density at radius 3 is 2.23 bits per heavy atom. The Bertz CT molecular complexity index is 358. The molecule has 130 valence electrons. The van der Waals surface area contributed by atoms with Gasteiger partial charge in [0, 0.05) is 5.75 Å². The summed E-state index contributed by atoms with van der Waals surface area (Å²) < 4.78 is 5.32. The molecule has 0 aromatic rings. The Hall–Kier alpha value is -0.750. The summed E-state index contributed by atoms with van der Waals surface area (Å²) in [6.07, 6.45) is 0.758. The largest absolute Gasteiger partial charge is 0.464 e. The third-order valence-corrected chi connectivity index (χ3v) is 3.88. The Morgan fingerprint density at radius 1 is 1.18 bits per heavy atom. The lowest BCUT2D eigenvalue weighted by Gasteiger charge is -2.33. The van der Waals surface area contributed by atoms with Crippen molar-refractivity contribution in [3.05, 3.63) is 0 Å². The number of rotatable bonds is 7. The zero-order valence-corrected chi connectivity index (χ0v) is 15.5. The molecule has 0 saturated carbocycles. The average Bonchev–Trinajstić information content (AvgIpc) is 2.36. The summed E-state index contributed by atoms with van der Waals surface area (Å²) in [5, 5.41) is 11.0. The standard InChI is InChI=1S/C16H31NO4S/c1-15(2,3)11-12(16(4,5)6)13(19)21-9-7-17-14(20)22-10-8-18/h12,18H,7-11H2,1-6H3,(H,17,20). The summed E-state index contributed by atoms with van der Waals surface area (Å²) in [7, 11) is 0. The molecule has 0 saturated heterocycles. The van der Waals surface area contributed by atoms with Crippen molar-refractivity contribution in [3.63, 3.8) is 0 Å². The molecule has 0 aliphatic carbocycles. The lowest BCUT2D eigenvalue weighted by Crippen LogP contribution is -2.35. The van der Waals surface area contributed by atoms with Crippen LogP contribution in [0.5, 0.6) is 0 Å². The molecule has 0 spiro atoms. The van der Waals surface area contributed by atoms with Crippen LogP contribution >= 0.6 is 11.8 Å². The van der Waals surface area contributed by atoms with E-state index in [1.807, 2.05) is 20.8 Å². The van der Waals surface area contributed by atoms with E-state index in [1.54, 1.807) is 0 Å². The maximum absolute atomic E-state index is 12.3. The fourth-order valence-corrected chi connectivity index (χ4v) is 2.43. The molecule has 2 N–H and O–H groups in total. The van der Waals surface area contributed by atoms with E-state index in [1.165, 1.54) is 0 Å². The topological polar surface area (TPSA) is 75.6 Å². The molecule has 0 rings (SSSR count). The normalized spacial score (nSPS) is 13.6.